The highest BCUT2D eigenvalue weighted by Crippen LogP contribution is 2.23. The lowest BCUT2D eigenvalue weighted by atomic mass is 10.1. The van der Waals surface area contributed by atoms with E-state index in [0.29, 0.717) is 36.9 Å². The molecule has 0 aliphatic carbocycles. The van der Waals surface area contributed by atoms with Gasteiger partial charge in [-0.25, -0.2) is 9.78 Å². The standard InChI is InChI=1S/C21H25N5O2/c1-14-6-4-7-17(16(14)3)23-20(27)25-10-5-11-26(13-12-25)21-24-19-18(28-21)9-8-15(2)22-19/h4,6-9H,5,10-13H2,1-3H3,(H,23,27). The average Bonchev–Trinajstić information content (AvgIpc) is 2.92. The molecule has 1 saturated heterocycles. The first-order valence-electron chi connectivity index (χ1n) is 9.62. The number of benzene rings is 1. The van der Waals surface area contributed by atoms with E-state index in [1.165, 1.54) is 5.56 Å². The molecule has 3 heterocycles. The van der Waals surface area contributed by atoms with Crippen LogP contribution in [0.25, 0.3) is 11.2 Å². The summed E-state index contributed by atoms with van der Waals surface area (Å²) in [5.41, 5.74) is 5.36. The van der Waals surface area contributed by atoms with E-state index in [1.807, 2.05) is 56.0 Å². The molecule has 3 aromatic rings. The number of aromatic nitrogens is 2. The van der Waals surface area contributed by atoms with Crippen molar-refractivity contribution in [2.45, 2.75) is 27.2 Å². The first kappa shape index (κ1) is 18.3. The fourth-order valence-electron chi connectivity index (χ4n) is 3.43. The number of amides is 2. The zero-order chi connectivity index (χ0) is 19.7. The largest absolute Gasteiger partial charge is 0.422 e. The molecule has 1 aromatic carbocycles. The van der Waals surface area contributed by atoms with Gasteiger partial charge in [-0.3, -0.25) is 0 Å². The van der Waals surface area contributed by atoms with Gasteiger partial charge in [0, 0.05) is 37.6 Å². The number of urea groups is 1. The van der Waals surface area contributed by atoms with Crippen LogP contribution in [0, 0.1) is 20.8 Å². The van der Waals surface area contributed by atoms with Gasteiger partial charge >= 0.3 is 6.03 Å². The summed E-state index contributed by atoms with van der Waals surface area (Å²) < 4.78 is 5.87. The lowest BCUT2D eigenvalue weighted by Gasteiger charge is -2.22. The summed E-state index contributed by atoms with van der Waals surface area (Å²) in [7, 11) is 0. The lowest BCUT2D eigenvalue weighted by molar-refractivity contribution is 0.215. The summed E-state index contributed by atoms with van der Waals surface area (Å²) in [5.74, 6) is 0. The van der Waals surface area contributed by atoms with Gasteiger partial charge in [0.25, 0.3) is 6.01 Å². The van der Waals surface area contributed by atoms with Gasteiger partial charge < -0.3 is 19.5 Å². The van der Waals surface area contributed by atoms with Crippen LogP contribution in [0.1, 0.15) is 23.2 Å². The number of aryl methyl sites for hydroxylation is 2. The summed E-state index contributed by atoms with van der Waals surface area (Å²) in [6.45, 7) is 8.79. The molecule has 7 nitrogen and oxygen atoms in total. The number of oxazole rings is 1. The molecular formula is C21H25N5O2. The third kappa shape index (κ3) is 3.65. The van der Waals surface area contributed by atoms with E-state index >= 15 is 0 Å². The zero-order valence-electron chi connectivity index (χ0n) is 16.5. The number of hydrogen-bond donors (Lipinski definition) is 1. The molecule has 1 aliphatic rings. The van der Waals surface area contributed by atoms with Crippen LogP contribution >= 0.6 is 0 Å². The molecule has 7 heteroatoms. The Morgan fingerprint density at radius 1 is 1.04 bits per heavy atom. The van der Waals surface area contributed by atoms with Crippen molar-refractivity contribution in [3.05, 3.63) is 47.2 Å². The number of nitrogens with one attached hydrogen (secondary N) is 1. The summed E-state index contributed by atoms with van der Waals surface area (Å²) in [6, 6.07) is 10.3. The van der Waals surface area contributed by atoms with Crippen molar-refractivity contribution < 1.29 is 9.21 Å². The monoisotopic (exact) mass is 379 g/mol. The maximum Gasteiger partial charge on any atom is 0.321 e. The van der Waals surface area contributed by atoms with Crippen molar-refractivity contribution in [2.75, 3.05) is 36.4 Å². The second kappa shape index (κ2) is 7.50. The van der Waals surface area contributed by atoms with Crippen LogP contribution in [-0.2, 0) is 0 Å². The number of anilines is 2. The zero-order valence-corrected chi connectivity index (χ0v) is 16.5. The summed E-state index contributed by atoms with van der Waals surface area (Å²) in [4.78, 5) is 25.6. The summed E-state index contributed by atoms with van der Waals surface area (Å²) >= 11 is 0. The molecule has 4 rings (SSSR count). The Bertz CT molecular complexity index is 1010. The van der Waals surface area contributed by atoms with Crippen LogP contribution in [0.2, 0.25) is 0 Å². The number of rotatable bonds is 2. The molecule has 0 saturated carbocycles. The van der Waals surface area contributed by atoms with Gasteiger partial charge in [-0.15, -0.1) is 0 Å². The number of hydrogen-bond acceptors (Lipinski definition) is 5. The highest BCUT2D eigenvalue weighted by molar-refractivity contribution is 5.90. The predicted octanol–water partition coefficient (Wildman–Crippen LogP) is 3.89. The van der Waals surface area contributed by atoms with Crippen molar-refractivity contribution in [3.8, 4) is 0 Å². The molecule has 0 spiro atoms. The first-order chi connectivity index (χ1) is 13.5. The van der Waals surface area contributed by atoms with E-state index in [-0.39, 0.29) is 6.03 Å². The fraction of sp³-hybridized carbons (Fsp3) is 0.381. The Labute approximate surface area is 164 Å². The molecule has 1 aliphatic heterocycles. The third-order valence-corrected chi connectivity index (χ3v) is 5.28. The average molecular weight is 379 g/mol. The summed E-state index contributed by atoms with van der Waals surface area (Å²) in [6.07, 6.45) is 0.853. The maximum atomic E-state index is 12.8. The van der Waals surface area contributed by atoms with Crippen LogP contribution in [0.5, 0.6) is 0 Å². The second-order valence-electron chi connectivity index (χ2n) is 7.28. The van der Waals surface area contributed by atoms with E-state index in [2.05, 4.69) is 20.2 Å². The Balaban J connectivity index is 1.44. The van der Waals surface area contributed by atoms with Crippen LogP contribution in [0.15, 0.2) is 34.7 Å². The molecule has 0 atom stereocenters. The minimum Gasteiger partial charge on any atom is -0.422 e. The van der Waals surface area contributed by atoms with Crippen molar-refractivity contribution in [1.82, 2.24) is 14.9 Å². The second-order valence-corrected chi connectivity index (χ2v) is 7.28. The summed E-state index contributed by atoms with van der Waals surface area (Å²) in [5, 5.41) is 3.05. The highest BCUT2D eigenvalue weighted by atomic mass is 16.4. The van der Waals surface area contributed by atoms with Crippen molar-refractivity contribution >= 4 is 29.0 Å². The van der Waals surface area contributed by atoms with Gasteiger partial charge in [0.05, 0.1) is 0 Å². The Morgan fingerprint density at radius 3 is 2.75 bits per heavy atom. The molecular weight excluding hydrogens is 354 g/mol. The SMILES string of the molecule is Cc1ccc2oc(N3CCCN(C(=O)Nc4cccc(C)c4C)CC3)nc2n1. The molecule has 1 fully saturated rings. The van der Waals surface area contributed by atoms with E-state index in [4.69, 9.17) is 4.42 Å². The normalized spacial score (nSPS) is 15.0. The molecule has 28 heavy (non-hydrogen) atoms. The van der Waals surface area contributed by atoms with Crippen molar-refractivity contribution in [3.63, 3.8) is 0 Å². The van der Waals surface area contributed by atoms with Gasteiger partial charge in [-0.1, -0.05) is 12.1 Å². The maximum absolute atomic E-state index is 12.8. The van der Waals surface area contributed by atoms with Gasteiger partial charge in [0.2, 0.25) is 5.65 Å². The Kier molecular flexibility index (Phi) is 4.90. The highest BCUT2D eigenvalue weighted by Gasteiger charge is 2.22. The minimum atomic E-state index is -0.0644. The third-order valence-electron chi connectivity index (χ3n) is 5.28. The Hall–Kier alpha value is -3.09. The van der Waals surface area contributed by atoms with Crippen LogP contribution in [0.4, 0.5) is 16.5 Å². The van der Waals surface area contributed by atoms with Gasteiger partial charge in [-0.05, 0) is 56.5 Å². The number of carbonyl (C=O) groups is 1. The van der Waals surface area contributed by atoms with E-state index in [9.17, 15) is 4.79 Å². The number of nitrogens with zero attached hydrogens (tertiary/aromatic N) is 4. The fourth-order valence-corrected chi connectivity index (χ4v) is 3.43. The molecule has 2 amide bonds. The van der Waals surface area contributed by atoms with Crippen LogP contribution in [0.3, 0.4) is 0 Å². The first-order valence-corrected chi connectivity index (χ1v) is 9.62. The molecule has 0 radical (unpaired) electrons. The topological polar surface area (TPSA) is 74.5 Å². The predicted molar refractivity (Wildman–Crippen MR) is 110 cm³/mol. The smallest absolute Gasteiger partial charge is 0.321 e. The van der Waals surface area contributed by atoms with Crippen LogP contribution in [-0.4, -0.2) is 47.1 Å². The quantitative estimate of drug-likeness (QED) is 0.731. The number of fused-ring (bicyclic) bond motifs is 1. The lowest BCUT2D eigenvalue weighted by Crippen LogP contribution is -2.38. The number of carbonyl (C=O) groups excluding carboxylic acids is 1. The van der Waals surface area contributed by atoms with Gasteiger partial charge in [0.1, 0.15) is 0 Å². The van der Waals surface area contributed by atoms with E-state index < -0.39 is 0 Å². The van der Waals surface area contributed by atoms with Gasteiger partial charge in [0.15, 0.2) is 5.58 Å². The van der Waals surface area contributed by atoms with E-state index in [0.717, 1.165) is 29.9 Å². The molecule has 1 N–H and O–H groups in total. The van der Waals surface area contributed by atoms with Gasteiger partial charge in [-0.2, -0.15) is 4.98 Å². The van der Waals surface area contributed by atoms with E-state index in [1.54, 1.807) is 0 Å². The molecule has 0 unspecified atom stereocenters. The van der Waals surface area contributed by atoms with Crippen LogP contribution < -0.4 is 10.2 Å². The van der Waals surface area contributed by atoms with Crippen molar-refractivity contribution in [2.24, 2.45) is 0 Å². The minimum absolute atomic E-state index is 0.0644. The van der Waals surface area contributed by atoms with Crippen molar-refractivity contribution in [1.29, 1.82) is 0 Å². The molecule has 0 bridgehead atoms. The number of pyridine rings is 1. The molecule has 146 valence electrons. The molecule has 2 aromatic heterocycles. The Morgan fingerprint density at radius 2 is 1.89 bits per heavy atom.